The Bertz CT molecular complexity index is 349. The molecule has 0 aliphatic carbocycles. The summed E-state index contributed by atoms with van der Waals surface area (Å²) in [5.74, 6) is -5.78. The highest BCUT2D eigenvalue weighted by atomic mass is 32.1. The lowest BCUT2D eigenvalue weighted by molar-refractivity contribution is -0.186. The van der Waals surface area contributed by atoms with Crippen LogP contribution in [0.1, 0.15) is 6.92 Å². The molecule has 3 atom stereocenters. The molecule has 0 bridgehead atoms. The van der Waals surface area contributed by atoms with Gasteiger partial charge in [-0.25, -0.2) is 4.79 Å². The fraction of sp³-hybridized carbons (Fsp3) is 0.778. The topological polar surface area (TPSA) is 66.8 Å². The van der Waals surface area contributed by atoms with Gasteiger partial charge < -0.3 is 14.7 Å². The molecule has 1 saturated heterocycles. The first-order valence-corrected chi connectivity index (χ1v) is 5.65. The van der Waals surface area contributed by atoms with Crippen molar-refractivity contribution in [1.29, 1.82) is 0 Å². The van der Waals surface area contributed by atoms with Crippen LogP contribution in [0, 0.1) is 5.92 Å². The van der Waals surface area contributed by atoms with Crippen molar-refractivity contribution < 1.29 is 32.6 Å². The molecule has 1 unspecified atom stereocenters. The summed E-state index contributed by atoms with van der Waals surface area (Å²) in [6, 6.07) is -1.40. The van der Waals surface area contributed by atoms with Gasteiger partial charge in [0.15, 0.2) is 6.04 Å². The second kappa shape index (κ2) is 5.35. The molecule has 1 aliphatic heterocycles. The van der Waals surface area contributed by atoms with E-state index < -0.39 is 48.6 Å². The van der Waals surface area contributed by atoms with Crippen LogP contribution in [0.5, 0.6) is 0 Å². The van der Waals surface area contributed by atoms with E-state index in [0.29, 0.717) is 4.90 Å². The van der Waals surface area contributed by atoms with Gasteiger partial charge in [0.1, 0.15) is 12.6 Å². The molecule has 5 nitrogen and oxygen atoms in total. The molecule has 9 heteroatoms. The van der Waals surface area contributed by atoms with Crippen LogP contribution in [0.4, 0.5) is 13.2 Å². The molecule has 0 aromatic rings. The lowest BCUT2D eigenvalue weighted by atomic mass is 10.1. The average Bonchev–Trinajstić information content (AvgIpc) is 2.58. The van der Waals surface area contributed by atoms with E-state index in [-0.39, 0.29) is 0 Å². The number of carbonyl (C=O) groups is 2. The van der Waals surface area contributed by atoms with E-state index in [1.807, 2.05) is 0 Å². The number of nitrogens with zero attached hydrogens (tertiary/aromatic N) is 1. The summed E-state index contributed by atoms with van der Waals surface area (Å²) in [6.07, 6.45) is -5.60. The highest BCUT2D eigenvalue weighted by molar-refractivity contribution is 7.80. The number of ether oxygens (including phenoxy) is 1. The van der Waals surface area contributed by atoms with E-state index in [9.17, 15) is 22.8 Å². The Morgan fingerprint density at radius 3 is 2.50 bits per heavy atom. The number of carboxylic acids is 1. The summed E-state index contributed by atoms with van der Waals surface area (Å²) in [5, 5.41) is 8.89. The van der Waals surface area contributed by atoms with Gasteiger partial charge in [0.05, 0.1) is 6.10 Å². The van der Waals surface area contributed by atoms with Crippen LogP contribution in [-0.4, -0.2) is 52.7 Å². The molecule has 1 fully saturated rings. The maximum Gasteiger partial charge on any atom is 0.401 e. The zero-order valence-electron chi connectivity index (χ0n) is 9.35. The number of halogens is 3. The van der Waals surface area contributed by atoms with Gasteiger partial charge in [-0.3, -0.25) is 4.79 Å². The molecule has 0 spiro atoms. The van der Waals surface area contributed by atoms with Crippen molar-refractivity contribution in [2.24, 2.45) is 5.92 Å². The second-order valence-electron chi connectivity index (χ2n) is 3.87. The van der Waals surface area contributed by atoms with E-state index >= 15 is 0 Å². The summed E-state index contributed by atoms with van der Waals surface area (Å²) in [6.45, 7) is 0.923. The Morgan fingerprint density at radius 2 is 2.11 bits per heavy atom. The molecule has 1 heterocycles. The van der Waals surface area contributed by atoms with Crippen LogP contribution >= 0.6 is 12.6 Å². The smallest absolute Gasteiger partial charge is 0.401 e. The van der Waals surface area contributed by atoms with Gasteiger partial charge in [-0.2, -0.15) is 25.8 Å². The quantitative estimate of drug-likeness (QED) is 0.752. The fourth-order valence-corrected chi connectivity index (χ4v) is 2.04. The highest BCUT2D eigenvalue weighted by Gasteiger charge is 2.50. The van der Waals surface area contributed by atoms with Crippen LogP contribution in [0.2, 0.25) is 0 Å². The van der Waals surface area contributed by atoms with Gasteiger partial charge in [0.25, 0.3) is 0 Å². The number of aliphatic carboxylic acids is 1. The zero-order chi connectivity index (χ0) is 14.1. The highest BCUT2D eigenvalue weighted by Crippen LogP contribution is 2.31. The van der Waals surface area contributed by atoms with Crippen LogP contribution in [0.3, 0.4) is 0 Å². The predicted molar refractivity (Wildman–Crippen MR) is 57.1 cm³/mol. The van der Waals surface area contributed by atoms with Crippen molar-refractivity contribution in [3.8, 4) is 0 Å². The van der Waals surface area contributed by atoms with E-state index in [1.165, 1.54) is 6.92 Å². The van der Waals surface area contributed by atoms with Gasteiger partial charge in [0.2, 0.25) is 5.91 Å². The number of carboxylic acid groups (broad SMARTS) is 1. The van der Waals surface area contributed by atoms with Crippen molar-refractivity contribution in [2.75, 3.05) is 12.5 Å². The third kappa shape index (κ3) is 2.89. The summed E-state index contributed by atoms with van der Waals surface area (Å²) in [4.78, 5) is 23.2. The Labute approximate surface area is 106 Å². The van der Waals surface area contributed by atoms with Crippen molar-refractivity contribution in [3.63, 3.8) is 0 Å². The minimum Gasteiger partial charge on any atom is -0.480 e. The fourth-order valence-electron chi connectivity index (χ4n) is 1.68. The predicted octanol–water partition coefficient (Wildman–Crippen LogP) is 0.753. The normalized spacial score (nSPS) is 26.2. The van der Waals surface area contributed by atoms with E-state index in [0.717, 1.165) is 0 Å². The number of carbonyl (C=O) groups excluding carboxylic acids is 1. The van der Waals surface area contributed by atoms with Gasteiger partial charge in [-0.1, -0.05) is 0 Å². The number of hydrogen-bond acceptors (Lipinski definition) is 4. The summed E-state index contributed by atoms with van der Waals surface area (Å²) < 4.78 is 42.6. The van der Waals surface area contributed by atoms with Crippen LogP contribution in [0.15, 0.2) is 0 Å². The van der Waals surface area contributed by atoms with Crippen molar-refractivity contribution in [3.05, 3.63) is 0 Å². The maximum absolute atomic E-state index is 12.6. The lowest BCUT2D eigenvalue weighted by Crippen LogP contribution is -2.50. The Balaban J connectivity index is 2.92. The maximum atomic E-state index is 12.6. The molecule has 0 aromatic carbocycles. The molecule has 1 rings (SSSR count). The Morgan fingerprint density at radius 1 is 1.56 bits per heavy atom. The summed E-state index contributed by atoms with van der Waals surface area (Å²) >= 11 is 3.49. The van der Waals surface area contributed by atoms with Gasteiger partial charge in [0, 0.05) is 5.75 Å². The van der Waals surface area contributed by atoms with Crippen molar-refractivity contribution in [1.82, 2.24) is 4.90 Å². The van der Waals surface area contributed by atoms with Crippen LogP contribution in [-0.2, 0) is 14.3 Å². The molecule has 18 heavy (non-hydrogen) atoms. The third-order valence-corrected chi connectivity index (χ3v) is 3.03. The average molecular weight is 287 g/mol. The molecule has 0 radical (unpaired) electrons. The SMILES string of the molecule is C[C@H]1OCN(C(=O)C(CS)C(F)(F)F)[C@@H]1C(=O)O. The molecule has 1 aliphatic rings. The minimum atomic E-state index is -4.76. The monoisotopic (exact) mass is 287 g/mol. The van der Waals surface area contributed by atoms with Crippen LogP contribution in [0.25, 0.3) is 0 Å². The van der Waals surface area contributed by atoms with Gasteiger partial charge in [-0.15, -0.1) is 0 Å². The Hall–Kier alpha value is -0.960. The number of rotatable bonds is 3. The van der Waals surface area contributed by atoms with Crippen molar-refractivity contribution >= 4 is 24.5 Å². The number of amides is 1. The molecule has 0 saturated carbocycles. The minimum absolute atomic E-state index is 0.461. The van der Waals surface area contributed by atoms with E-state index in [4.69, 9.17) is 9.84 Å². The largest absolute Gasteiger partial charge is 0.480 e. The number of thiol groups is 1. The van der Waals surface area contributed by atoms with Gasteiger partial charge >= 0.3 is 12.1 Å². The molecular weight excluding hydrogens is 275 g/mol. The number of hydrogen-bond donors (Lipinski definition) is 2. The van der Waals surface area contributed by atoms with E-state index in [1.54, 1.807) is 0 Å². The lowest BCUT2D eigenvalue weighted by Gasteiger charge is -2.26. The molecule has 1 amide bonds. The standard InChI is InChI=1S/C9H12F3NO4S/c1-4-6(8(15)16)13(3-17-4)7(14)5(2-18)9(10,11)12/h4-6,18H,2-3H2,1H3,(H,15,16)/t4-,5?,6+/m1/s1. The molecular formula is C9H12F3NO4S. The first-order valence-electron chi connectivity index (χ1n) is 5.02. The van der Waals surface area contributed by atoms with E-state index in [2.05, 4.69) is 12.6 Å². The Kier molecular flexibility index (Phi) is 4.49. The first-order chi connectivity index (χ1) is 8.20. The van der Waals surface area contributed by atoms with Crippen LogP contribution < -0.4 is 0 Å². The third-order valence-electron chi connectivity index (χ3n) is 2.67. The molecule has 104 valence electrons. The summed E-state index contributed by atoms with van der Waals surface area (Å²) in [7, 11) is 0. The van der Waals surface area contributed by atoms with Gasteiger partial charge in [-0.05, 0) is 6.92 Å². The summed E-state index contributed by atoms with van der Waals surface area (Å²) in [5.41, 5.74) is 0. The molecule has 1 N–H and O–H groups in total. The first kappa shape index (κ1) is 15.1. The second-order valence-corrected chi connectivity index (χ2v) is 4.23. The van der Waals surface area contributed by atoms with Crippen molar-refractivity contribution in [2.45, 2.75) is 25.2 Å². The number of alkyl halides is 3. The molecule has 0 aromatic heterocycles. The zero-order valence-corrected chi connectivity index (χ0v) is 10.2.